The molecule has 6 aromatic carbocycles. The highest BCUT2D eigenvalue weighted by molar-refractivity contribution is 5.97. The Balaban J connectivity index is 0.000000208. The number of methoxy groups -OCH3 is 4. The normalized spacial score (nSPS) is 10.3. The Morgan fingerprint density at radius 2 is 1.12 bits per heavy atom. The molecule has 0 aliphatic heterocycles. The van der Waals surface area contributed by atoms with Crippen molar-refractivity contribution in [1.82, 2.24) is 15.3 Å². The first kappa shape index (κ1) is 52.9. The lowest BCUT2D eigenvalue weighted by Gasteiger charge is -2.08. The van der Waals surface area contributed by atoms with Gasteiger partial charge in [-0.3, -0.25) is 0 Å². The quantitative estimate of drug-likeness (QED) is 0.0335. The van der Waals surface area contributed by atoms with Gasteiger partial charge in [0.15, 0.2) is 57.0 Å². The number of amidine groups is 1. The van der Waals surface area contributed by atoms with Gasteiger partial charge in [-0.2, -0.15) is 15.2 Å². The Bertz CT molecular complexity index is 3010. The van der Waals surface area contributed by atoms with Gasteiger partial charge in [0.2, 0.25) is 5.82 Å². The summed E-state index contributed by atoms with van der Waals surface area (Å²) >= 11 is 0. The second-order valence-corrected chi connectivity index (χ2v) is 14.7. The Morgan fingerprint density at radius 1 is 0.580 bits per heavy atom. The zero-order chi connectivity index (χ0) is 49.5. The summed E-state index contributed by atoms with van der Waals surface area (Å²) in [5.41, 5.74) is 14.3. The number of aromatic amines is 1. The van der Waals surface area contributed by atoms with Crippen LogP contribution >= 0.6 is 0 Å². The predicted molar refractivity (Wildman–Crippen MR) is 251 cm³/mol. The van der Waals surface area contributed by atoms with E-state index in [0.29, 0.717) is 57.2 Å². The molecule has 0 aliphatic rings. The smallest absolute Gasteiger partial charge is 0.378 e. The summed E-state index contributed by atoms with van der Waals surface area (Å²) in [6.07, 6.45) is 0. The van der Waals surface area contributed by atoms with E-state index in [9.17, 15) is 20.4 Å². The van der Waals surface area contributed by atoms with E-state index in [1.165, 1.54) is 53.6 Å². The standard InChI is InChI=1S/C18H18N2O3.C14H10N2O5.C9H12N2O3.C9H9N.BrH/c1-11-5-6-13(9-12(11)2)17-19-18(23-20-17)14-7-8-15(21-3)16(10-14)22-4;17-9-3-1-7(5-11(9)19)13-15-14(21-16-13)8-2-4-10(18)12(20)6-8;1-13-7-4-3-6(9(10)11-12)5-8(7)14-2;1-7-3-4-9(6-10)5-8(7)2;/h5-10H,1-4H3;1-6,17-20H;3-5,12H,1-2H3,(H2,10,11);3-5H,1-2H3;1H. The van der Waals surface area contributed by atoms with E-state index in [1.807, 2.05) is 56.3 Å². The van der Waals surface area contributed by atoms with Gasteiger partial charge in [-0.1, -0.05) is 28.5 Å². The van der Waals surface area contributed by atoms with Crippen LogP contribution in [0.3, 0.4) is 0 Å². The molecule has 0 amide bonds. The van der Waals surface area contributed by atoms with Crippen molar-refractivity contribution in [3.8, 4) is 97.7 Å². The summed E-state index contributed by atoms with van der Waals surface area (Å²) in [7, 11) is 6.26. The second kappa shape index (κ2) is 24.7. The summed E-state index contributed by atoms with van der Waals surface area (Å²) in [4.78, 5) is 7.35. The summed E-state index contributed by atoms with van der Waals surface area (Å²) in [6.45, 7) is 8.19. The predicted octanol–water partition coefficient (Wildman–Crippen LogP) is 5.66. The van der Waals surface area contributed by atoms with Crippen LogP contribution in [-0.4, -0.2) is 75.2 Å². The number of nitrogens with one attached hydrogen (secondary N) is 1. The van der Waals surface area contributed by atoms with Gasteiger partial charge in [-0.15, -0.1) is 0 Å². The molecule has 358 valence electrons. The zero-order valence-corrected chi connectivity index (χ0v) is 40.4. The Labute approximate surface area is 407 Å². The van der Waals surface area contributed by atoms with E-state index in [2.05, 4.69) is 57.5 Å². The molecule has 8 N–H and O–H groups in total. The minimum Gasteiger partial charge on any atom is -1.00 e. The molecule has 69 heavy (non-hydrogen) atoms. The Kier molecular flexibility index (Phi) is 18.9. The second-order valence-electron chi connectivity index (χ2n) is 14.7. The molecule has 0 fully saturated rings. The fourth-order valence-corrected chi connectivity index (χ4v) is 6.00. The van der Waals surface area contributed by atoms with Gasteiger partial charge in [0.1, 0.15) is 0 Å². The lowest BCUT2D eigenvalue weighted by atomic mass is 10.1. The molecule has 0 saturated carbocycles. The third-order valence-corrected chi connectivity index (χ3v) is 10.2. The summed E-state index contributed by atoms with van der Waals surface area (Å²) in [6, 6.07) is 32.8. The minimum absolute atomic E-state index is 0. The number of aromatic hydroxyl groups is 4. The van der Waals surface area contributed by atoms with Crippen molar-refractivity contribution in [2.75, 3.05) is 28.4 Å². The summed E-state index contributed by atoms with van der Waals surface area (Å²) < 4.78 is 31.1. The Hall–Kier alpha value is -8.76. The van der Waals surface area contributed by atoms with Crippen molar-refractivity contribution in [2.45, 2.75) is 27.7 Å². The number of phenols is 4. The molecule has 0 atom stereocenters. The van der Waals surface area contributed by atoms with E-state index in [-0.39, 0.29) is 51.7 Å². The van der Waals surface area contributed by atoms with E-state index >= 15 is 0 Å². The number of oxime groups is 1. The fraction of sp³-hybridized carbons (Fsp3) is 0.160. The molecule has 0 radical (unpaired) electrons. The number of H-pyrrole nitrogens is 1. The largest absolute Gasteiger partial charge is 1.00 e. The number of halogens is 1. The highest BCUT2D eigenvalue weighted by atomic mass is 79.9. The number of phenolic OH excluding ortho intramolecular Hbond substituents is 4. The average Bonchev–Trinajstić information content (AvgIpc) is 4.07. The van der Waals surface area contributed by atoms with Gasteiger partial charge in [-0.25, -0.2) is 4.52 Å². The molecule has 2 heterocycles. The molecule has 0 unspecified atom stereocenters. The molecule has 18 nitrogen and oxygen atoms in total. The highest BCUT2D eigenvalue weighted by Crippen LogP contribution is 2.34. The van der Waals surface area contributed by atoms with Crippen LogP contribution in [0.1, 0.15) is 33.4 Å². The van der Waals surface area contributed by atoms with Gasteiger partial charge in [0.25, 0.3) is 5.89 Å². The van der Waals surface area contributed by atoms with E-state index in [0.717, 1.165) is 16.7 Å². The van der Waals surface area contributed by atoms with Gasteiger partial charge in [-0.05, 0) is 141 Å². The van der Waals surface area contributed by atoms with Crippen molar-refractivity contribution in [3.63, 3.8) is 0 Å². The van der Waals surface area contributed by atoms with E-state index in [4.69, 9.17) is 44.2 Å². The number of aryl methyl sites for hydroxylation is 4. The third-order valence-electron chi connectivity index (χ3n) is 10.2. The maximum absolute atomic E-state index is 9.47. The van der Waals surface area contributed by atoms with Crippen LogP contribution in [0, 0.1) is 39.0 Å². The van der Waals surface area contributed by atoms with E-state index < -0.39 is 0 Å². The number of hydrogen-bond acceptors (Lipinski definition) is 16. The van der Waals surface area contributed by atoms with Crippen LogP contribution < -0.4 is 46.6 Å². The SMILES string of the molecule is COc1ccc(-c2nc(-c3ccc(C)c(C)c3)no2)cc1OC.COc1ccc(/C(N)=N/O)cc1OC.Cc1ccc(C#N)cc1C.Oc1ccc(-c2noc(-c3ccc(O)c(O)c3)[nH+]2)cc1O.[Br-]. The third kappa shape index (κ3) is 13.7. The number of ether oxygens (including phenoxy) is 4. The number of benzene rings is 6. The first-order valence-corrected chi connectivity index (χ1v) is 20.4. The van der Waals surface area contributed by atoms with Crippen molar-refractivity contribution in [3.05, 3.63) is 143 Å². The van der Waals surface area contributed by atoms with Crippen molar-refractivity contribution < 1.29 is 75.6 Å². The van der Waals surface area contributed by atoms with Crippen molar-refractivity contribution >= 4 is 5.84 Å². The van der Waals surface area contributed by atoms with Gasteiger partial charge < -0.3 is 71.8 Å². The lowest BCUT2D eigenvalue weighted by molar-refractivity contribution is -0.356. The molecule has 8 aromatic rings. The van der Waals surface area contributed by atoms with Crippen LogP contribution in [0.5, 0.6) is 46.0 Å². The zero-order valence-electron chi connectivity index (χ0n) is 38.8. The minimum atomic E-state index is -0.277. The molecule has 0 aliphatic carbocycles. The number of hydrogen-bond donors (Lipinski definition) is 6. The first-order chi connectivity index (χ1) is 32.6. The van der Waals surface area contributed by atoms with Crippen LogP contribution in [-0.2, 0) is 0 Å². The molecule has 2 aromatic heterocycles. The number of aromatic nitrogens is 4. The Morgan fingerprint density at radius 3 is 1.68 bits per heavy atom. The van der Waals surface area contributed by atoms with Crippen LogP contribution in [0.4, 0.5) is 0 Å². The monoisotopic (exact) mass is 1000 g/mol. The van der Waals surface area contributed by atoms with Crippen molar-refractivity contribution in [1.29, 1.82) is 5.26 Å². The van der Waals surface area contributed by atoms with Crippen molar-refractivity contribution in [2.24, 2.45) is 10.9 Å². The maximum atomic E-state index is 9.47. The molecule has 0 saturated heterocycles. The number of nitrogens with zero attached hydrogens (tertiary/aromatic N) is 5. The molecule has 19 heteroatoms. The number of rotatable bonds is 9. The maximum Gasteiger partial charge on any atom is 0.378 e. The summed E-state index contributed by atoms with van der Waals surface area (Å²) in [5, 5.41) is 65.2. The average molecular weight is 1000 g/mol. The highest BCUT2D eigenvalue weighted by Gasteiger charge is 2.21. The van der Waals surface area contributed by atoms with Gasteiger partial charge in [0, 0.05) is 16.7 Å². The van der Waals surface area contributed by atoms with E-state index in [1.54, 1.807) is 51.7 Å². The molecule has 0 bridgehead atoms. The van der Waals surface area contributed by atoms with Crippen LogP contribution in [0.25, 0.3) is 45.7 Å². The number of nitrogens with two attached hydrogens (primary N) is 1. The summed E-state index contributed by atoms with van der Waals surface area (Å²) in [5.74, 6) is 3.06. The topological polar surface area (TPSA) is 279 Å². The van der Waals surface area contributed by atoms with Crippen LogP contribution in [0.15, 0.2) is 123 Å². The number of nitriles is 1. The lowest BCUT2D eigenvalue weighted by Crippen LogP contribution is -3.00. The van der Waals surface area contributed by atoms with Gasteiger partial charge >= 0.3 is 11.7 Å². The van der Waals surface area contributed by atoms with Gasteiger partial charge in [0.05, 0.1) is 51.2 Å². The van der Waals surface area contributed by atoms with Crippen LogP contribution in [0.2, 0.25) is 0 Å². The molecule has 8 rings (SSSR count). The molecule has 0 spiro atoms. The fourth-order valence-electron chi connectivity index (χ4n) is 6.00. The molecular weight excluding hydrogens is 954 g/mol. The molecular formula is C50H50BrN7O11. The first-order valence-electron chi connectivity index (χ1n) is 20.4.